The maximum Gasteiger partial charge on any atom is 0.0602 e. The molecule has 2 nitrogen and oxygen atoms in total. The SMILES string of the molecule is CC1CCCC(C)N1CCOCCCl. The Balaban J connectivity index is 2.19. The number of ether oxygens (including phenoxy) is 1. The Labute approximate surface area is 92.6 Å². The van der Waals surface area contributed by atoms with Crippen LogP contribution < -0.4 is 0 Å². The highest BCUT2D eigenvalue weighted by molar-refractivity contribution is 6.17. The summed E-state index contributed by atoms with van der Waals surface area (Å²) in [4.78, 5) is 2.55. The van der Waals surface area contributed by atoms with E-state index in [0.717, 1.165) is 25.2 Å². The Morgan fingerprint density at radius 1 is 1.21 bits per heavy atom. The number of hydrogen-bond acceptors (Lipinski definition) is 2. The first-order valence-electron chi connectivity index (χ1n) is 5.65. The van der Waals surface area contributed by atoms with Gasteiger partial charge in [0, 0.05) is 24.5 Å². The highest BCUT2D eigenvalue weighted by Gasteiger charge is 2.23. The molecule has 0 bridgehead atoms. The van der Waals surface area contributed by atoms with E-state index in [2.05, 4.69) is 18.7 Å². The molecule has 2 atom stereocenters. The second-order valence-corrected chi connectivity index (χ2v) is 4.55. The van der Waals surface area contributed by atoms with Crippen molar-refractivity contribution in [2.24, 2.45) is 0 Å². The molecule has 0 radical (unpaired) electrons. The molecule has 1 rings (SSSR count). The van der Waals surface area contributed by atoms with Gasteiger partial charge in [0.15, 0.2) is 0 Å². The van der Waals surface area contributed by atoms with Crippen molar-refractivity contribution < 1.29 is 4.74 Å². The van der Waals surface area contributed by atoms with Gasteiger partial charge in [-0.2, -0.15) is 0 Å². The lowest BCUT2D eigenvalue weighted by molar-refractivity contribution is 0.0542. The Morgan fingerprint density at radius 2 is 1.86 bits per heavy atom. The van der Waals surface area contributed by atoms with Crippen LogP contribution in [0.2, 0.25) is 0 Å². The van der Waals surface area contributed by atoms with Crippen LogP contribution in [-0.4, -0.2) is 42.6 Å². The van der Waals surface area contributed by atoms with Crippen molar-refractivity contribution in [2.45, 2.75) is 45.2 Å². The van der Waals surface area contributed by atoms with Gasteiger partial charge in [-0.1, -0.05) is 6.42 Å². The van der Waals surface area contributed by atoms with Crippen LogP contribution in [0.25, 0.3) is 0 Å². The van der Waals surface area contributed by atoms with Gasteiger partial charge in [-0.05, 0) is 26.7 Å². The number of likely N-dealkylation sites (tertiary alicyclic amines) is 1. The van der Waals surface area contributed by atoms with Gasteiger partial charge < -0.3 is 4.74 Å². The van der Waals surface area contributed by atoms with Crippen LogP contribution in [0.3, 0.4) is 0 Å². The molecule has 84 valence electrons. The topological polar surface area (TPSA) is 12.5 Å². The fourth-order valence-corrected chi connectivity index (χ4v) is 2.35. The largest absolute Gasteiger partial charge is 0.379 e. The van der Waals surface area contributed by atoms with E-state index in [9.17, 15) is 0 Å². The molecule has 0 amide bonds. The Hall–Kier alpha value is 0.210. The maximum atomic E-state index is 5.54. The number of piperidine rings is 1. The normalized spacial score (nSPS) is 29.4. The summed E-state index contributed by atoms with van der Waals surface area (Å²) in [7, 11) is 0. The van der Waals surface area contributed by atoms with Crippen molar-refractivity contribution in [2.75, 3.05) is 25.6 Å². The second-order valence-electron chi connectivity index (χ2n) is 4.17. The quantitative estimate of drug-likeness (QED) is 0.521. The molecule has 0 spiro atoms. The standard InChI is InChI=1S/C11H22ClNO/c1-10-4-3-5-11(2)13(10)7-9-14-8-6-12/h10-11H,3-9H2,1-2H3. The van der Waals surface area contributed by atoms with Crippen LogP contribution >= 0.6 is 11.6 Å². The van der Waals surface area contributed by atoms with E-state index in [4.69, 9.17) is 16.3 Å². The van der Waals surface area contributed by atoms with Gasteiger partial charge in [-0.3, -0.25) is 4.90 Å². The van der Waals surface area contributed by atoms with Gasteiger partial charge in [0.1, 0.15) is 0 Å². The molecule has 0 N–H and O–H groups in total. The van der Waals surface area contributed by atoms with Crippen LogP contribution in [0.5, 0.6) is 0 Å². The first-order valence-corrected chi connectivity index (χ1v) is 6.18. The second kappa shape index (κ2) is 6.65. The molecular weight excluding hydrogens is 198 g/mol. The van der Waals surface area contributed by atoms with E-state index >= 15 is 0 Å². The van der Waals surface area contributed by atoms with Gasteiger partial charge in [-0.15, -0.1) is 11.6 Å². The predicted octanol–water partition coefficient (Wildman–Crippen LogP) is 2.50. The van der Waals surface area contributed by atoms with Crippen molar-refractivity contribution in [1.82, 2.24) is 4.90 Å². The first-order chi connectivity index (χ1) is 6.75. The molecule has 3 heteroatoms. The van der Waals surface area contributed by atoms with Crippen molar-refractivity contribution in [3.63, 3.8) is 0 Å². The zero-order valence-corrected chi connectivity index (χ0v) is 10.1. The zero-order chi connectivity index (χ0) is 10.4. The van der Waals surface area contributed by atoms with Crippen LogP contribution in [-0.2, 0) is 4.74 Å². The van der Waals surface area contributed by atoms with E-state index in [-0.39, 0.29) is 0 Å². The third-order valence-electron chi connectivity index (χ3n) is 3.09. The Bertz CT molecular complexity index is 144. The highest BCUT2D eigenvalue weighted by atomic mass is 35.5. The minimum atomic E-state index is 0.602. The van der Waals surface area contributed by atoms with Crippen LogP contribution in [0.15, 0.2) is 0 Å². The number of halogens is 1. The first kappa shape index (κ1) is 12.3. The monoisotopic (exact) mass is 219 g/mol. The molecule has 1 saturated heterocycles. The van der Waals surface area contributed by atoms with Gasteiger partial charge in [0.25, 0.3) is 0 Å². The molecule has 0 aromatic heterocycles. The Morgan fingerprint density at radius 3 is 2.43 bits per heavy atom. The lowest BCUT2D eigenvalue weighted by Gasteiger charge is -2.38. The average molecular weight is 220 g/mol. The fraction of sp³-hybridized carbons (Fsp3) is 1.00. The average Bonchev–Trinajstić information content (AvgIpc) is 2.16. The minimum Gasteiger partial charge on any atom is -0.379 e. The summed E-state index contributed by atoms with van der Waals surface area (Å²) in [5, 5.41) is 0. The lowest BCUT2D eigenvalue weighted by Crippen LogP contribution is -2.45. The van der Waals surface area contributed by atoms with Crippen molar-refractivity contribution in [1.29, 1.82) is 0 Å². The maximum absolute atomic E-state index is 5.54. The molecule has 1 aliphatic heterocycles. The van der Waals surface area contributed by atoms with Crippen molar-refractivity contribution >= 4 is 11.6 Å². The summed E-state index contributed by atoms with van der Waals surface area (Å²) >= 11 is 5.54. The van der Waals surface area contributed by atoms with Crippen LogP contribution in [0, 0.1) is 0 Å². The molecule has 2 unspecified atom stereocenters. The number of hydrogen-bond donors (Lipinski definition) is 0. The summed E-state index contributed by atoms with van der Waals surface area (Å²) in [6, 6.07) is 1.44. The van der Waals surface area contributed by atoms with Crippen molar-refractivity contribution in [3.8, 4) is 0 Å². The number of nitrogens with zero attached hydrogens (tertiary/aromatic N) is 1. The van der Waals surface area contributed by atoms with Gasteiger partial charge in [-0.25, -0.2) is 0 Å². The molecule has 0 aliphatic carbocycles. The smallest absolute Gasteiger partial charge is 0.0602 e. The number of rotatable bonds is 5. The molecular formula is C11H22ClNO. The summed E-state index contributed by atoms with van der Waals surface area (Å²) < 4.78 is 5.41. The molecule has 1 fully saturated rings. The Kier molecular flexibility index (Phi) is 5.83. The van der Waals surface area contributed by atoms with E-state index in [1.54, 1.807) is 0 Å². The zero-order valence-electron chi connectivity index (χ0n) is 9.34. The minimum absolute atomic E-state index is 0.602. The third kappa shape index (κ3) is 3.76. The molecule has 1 heterocycles. The summed E-state index contributed by atoms with van der Waals surface area (Å²) in [6.07, 6.45) is 4.04. The lowest BCUT2D eigenvalue weighted by atomic mass is 9.98. The summed E-state index contributed by atoms with van der Waals surface area (Å²) in [5.41, 5.74) is 0. The number of alkyl halides is 1. The van der Waals surface area contributed by atoms with E-state index in [1.807, 2.05) is 0 Å². The molecule has 14 heavy (non-hydrogen) atoms. The van der Waals surface area contributed by atoms with Crippen LogP contribution in [0.1, 0.15) is 33.1 Å². The van der Waals surface area contributed by atoms with Crippen molar-refractivity contribution in [3.05, 3.63) is 0 Å². The van der Waals surface area contributed by atoms with E-state index in [1.165, 1.54) is 19.3 Å². The van der Waals surface area contributed by atoms with Gasteiger partial charge in [0.2, 0.25) is 0 Å². The molecule has 0 aromatic rings. The van der Waals surface area contributed by atoms with E-state index in [0.29, 0.717) is 12.5 Å². The fourth-order valence-electron chi connectivity index (χ4n) is 2.24. The molecule has 1 aliphatic rings. The highest BCUT2D eigenvalue weighted by Crippen LogP contribution is 2.21. The van der Waals surface area contributed by atoms with Crippen LogP contribution in [0.4, 0.5) is 0 Å². The molecule has 0 aromatic carbocycles. The van der Waals surface area contributed by atoms with E-state index < -0.39 is 0 Å². The summed E-state index contributed by atoms with van der Waals surface area (Å²) in [5.74, 6) is 0.602. The predicted molar refractivity (Wildman–Crippen MR) is 61.0 cm³/mol. The molecule has 0 saturated carbocycles. The summed E-state index contributed by atoms with van der Waals surface area (Å²) in [6.45, 7) is 7.19. The van der Waals surface area contributed by atoms with Gasteiger partial charge in [0.05, 0.1) is 13.2 Å². The third-order valence-corrected chi connectivity index (χ3v) is 3.25. The van der Waals surface area contributed by atoms with Gasteiger partial charge >= 0.3 is 0 Å².